The number of carbonyl (C=O) groups excluding carboxylic acids is 1. The molecule has 19 heavy (non-hydrogen) atoms. The molecule has 0 radical (unpaired) electrons. The minimum absolute atomic E-state index is 0.0610. The van der Waals surface area contributed by atoms with Crippen LogP contribution in [0.2, 0.25) is 0 Å². The fourth-order valence-corrected chi connectivity index (χ4v) is 2.75. The summed E-state index contributed by atoms with van der Waals surface area (Å²) in [5.41, 5.74) is 1.81. The predicted octanol–water partition coefficient (Wildman–Crippen LogP) is 2.92. The predicted molar refractivity (Wildman–Crippen MR) is 76.9 cm³/mol. The number of ketones is 1. The highest BCUT2D eigenvalue weighted by molar-refractivity contribution is 5.98. The number of likely N-dealkylation sites (tertiary alicyclic amines) is 1. The van der Waals surface area contributed by atoms with E-state index in [0.29, 0.717) is 0 Å². The molecule has 104 valence electrons. The maximum Gasteiger partial charge on any atom is 0.166 e. The molecule has 1 aromatic carbocycles. The zero-order valence-corrected chi connectivity index (χ0v) is 12.1. The van der Waals surface area contributed by atoms with Crippen LogP contribution in [0, 0.1) is 12.8 Å². The van der Waals surface area contributed by atoms with Gasteiger partial charge in [0.15, 0.2) is 5.78 Å². The normalized spacial score (nSPS) is 17.4. The summed E-state index contributed by atoms with van der Waals surface area (Å²) in [4.78, 5) is 14.8. The second kappa shape index (κ2) is 6.20. The summed E-state index contributed by atoms with van der Waals surface area (Å²) in [6.45, 7) is 7.16. The van der Waals surface area contributed by atoms with E-state index in [4.69, 9.17) is 4.74 Å². The molecule has 0 N–H and O–H groups in total. The summed E-state index contributed by atoms with van der Waals surface area (Å²) in [5.74, 6) is 1.13. The SMILES string of the molecule is COc1ccc(C(=O)C(C)CN2CCCC2)cc1C. The van der Waals surface area contributed by atoms with Gasteiger partial charge in [0, 0.05) is 18.0 Å². The van der Waals surface area contributed by atoms with Crippen LogP contribution in [0.25, 0.3) is 0 Å². The van der Waals surface area contributed by atoms with E-state index in [0.717, 1.165) is 36.5 Å². The van der Waals surface area contributed by atoms with Crippen LogP contribution >= 0.6 is 0 Å². The third-order valence-electron chi connectivity index (χ3n) is 3.86. The number of hydrogen-bond donors (Lipinski definition) is 0. The van der Waals surface area contributed by atoms with Crippen molar-refractivity contribution in [1.82, 2.24) is 4.90 Å². The summed E-state index contributed by atoms with van der Waals surface area (Å²) in [6, 6.07) is 5.68. The van der Waals surface area contributed by atoms with E-state index in [2.05, 4.69) is 4.90 Å². The topological polar surface area (TPSA) is 29.5 Å². The van der Waals surface area contributed by atoms with Crippen molar-refractivity contribution < 1.29 is 9.53 Å². The van der Waals surface area contributed by atoms with Crippen molar-refractivity contribution in [3.63, 3.8) is 0 Å². The van der Waals surface area contributed by atoms with Gasteiger partial charge in [-0.1, -0.05) is 6.92 Å². The molecule has 0 saturated carbocycles. The molecular weight excluding hydrogens is 238 g/mol. The number of hydrogen-bond acceptors (Lipinski definition) is 3. The van der Waals surface area contributed by atoms with E-state index >= 15 is 0 Å². The van der Waals surface area contributed by atoms with Gasteiger partial charge in [0.2, 0.25) is 0 Å². The summed E-state index contributed by atoms with van der Waals surface area (Å²) >= 11 is 0. The van der Waals surface area contributed by atoms with Crippen LogP contribution in [0.15, 0.2) is 18.2 Å². The minimum Gasteiger partial charge on any atom is -0.496 e. The average Bonchev–Trinajstić information content (AvgIpc) is 2.90. The average molecular weight is 261 g/mol. The number of aryl methyl sites for hydroxylation is 1. The molecule has 3 heteroatoms. The lowest BCUT2D eigenvalue weighted by molar-refractivity contribution is 0.0903. The first-order chi connectivity index (χ1) is 9.11. The molecule has 0 aromatic heterocycles. The quantitative estimate of drug-likeness (QED) is 0.763. The number of Topliss-reactive ketones (excluding diaryl/α,β-unsaturated/α-hetero) is 1. The Hall–Kier alpha value is -1.35. The van der Waals surface area contributed by atoms with Crippen molar-refractivity contribution in [2.75, 3.05) is 26.7 Å². The minimum atomic E-state index is 0.0610. The van der Waals surface area contributed by atoms with Crippen LogP contribution in [-0.2, 0) is 0 Å². The largest absolute Gasteiger partial charge is 0.496 e. The molecule has 1 heterocycles. The van der Waals surface area contributed by atoms with Gasteiger partial charge in [0.25, 0.3) is 0 Å². The van der Waals surface area contributed by atoms with E-state index in [1.54, 1.807) is 7.11 Å². The monoisotopic (exact) mass is 261 g/mol. The van der Waals surface area contributed by atoms with Gasteiger partial charge in [-0.3, -0.25) is 4.79 Å². The fraction of sp³-hybridized carbons (Fsp3) is 0.562. The zero-order valence-electron chi connectivity index (χ0n) is 12.1. The Kier molecular flexibility index (Phi) is 4.59. The number of methoxy groups -OCH3 is 1. The van der Waals surface area contributed by atoms with E-state index in [1.165, 1.54) is 12.8 Å². The summed E-state index contributed by atoms with van der Waals surface area (Å²) < 4.78 is 5.23. The lowest BCUT2D eigenvalue weighted by atomic mass is 9.97. The molecule has 0 bridgehead atoms. The van der Waals surface area contributed by atoms with Gasteiger partial charge < -0.3 is 9.64 Å². The van der Waals surface area contributed by atoms with Gasteiger partial charge in [-0.05, 0) is 56.6 Å². The van der Waals surface area contributed by atoms with E-state index in [-0.39, 0.29) is 11.7 Å². The van der Waals surface area contributed by atoms with Crippen molar-refractivity contribution in [3.8, 4) is 5.75 Å². The van der Waals surface area contributed by atoms with E-state index < -0.39 is 0 Å². The van der Waals surface area contributed by atoms with Crippen molar-refractivity contribution in [2.45, 2.75) is 26.7 Å². The Bertz CT molecular complexity index is 450. The van der Waals surface area contributed by atoms with Gasteiger partial charge in [-0.15, -0.1) is 0 Å². The van der Waals surface area contributed by atoms with Crippen LogP contribution in [0.4, 0.5) is 0 Å². The first-order valence-electron chi connectivity index (χ1n) is 7.03. The van der Waals surface area contributed by atoms with Crippen molar-refractivity contribution in [3.05, 3.63) is 29.3 Å². The van der Waals surface area contributed by atoms with Crippen LogP contribution in [0.3, 0.4) is 0 Å². The van der Waals surface area contributed by atoms with E-state index in [1.807, 2.05) is 32.0 Å². The smallest absolute Gasteiger partial charge is 0.166 e. The number of benzene rings is 1. The second-order valence-corrected chi connectivity index (χ2v) is 5.46. The Morgan fingerprint density at radius 1 is 1.37 bits per heavy atom. The molecule has 0 spiro atoms. The van der Waals surface area contributed by atoms with Crippen molar-refractivity contribution >= 4 is 5.78 Å². The third kappa shape index (κ3) is 3.35. The molecule has 3 nitrogen and oxygen atoms in total. The standard InChI is InChI=1S/C16H23NO2/c1-12-10-14(6-7-15(12)19-3)16(18)13(2)11-17-8-4-5-9-17/h6-7,10,13H,4-5,8-9,11H2,1-3H3. The zero-order chi connectivity index (χ0) is 13.8. The maximum absolute atomic E-state index is 12.4. The lowest BCUT2D eigenvalue weighted by Gasteiger charge is -2.19. The molecule has 1 aliphatic heterocycles. The summed E-state index contributed by atoms with van der Waals surface area (Å²) in [5, 5.41) is 0. The van der Waals surface area contributed by atoms with Gasteiger partial charge in [0.05, 0.1) is 7.11 Å². The molecular formula is C16H23NO2. The molecule has 0 amide bonds. The maximum atomic E-state index is 12.4. The van der Waals surface area contributed by atoms with Gasteiger partial charge >= 0.3 is 0 Å². The Morgan fingerprint density at radius 2 is 2.05 bits per heavy atom. The Labute approximate surface area is 115 Å². The molecule has 2 rings (SSSR count). The molecule has 1 atom stereocenters. The van der Waals surface area contributed by atoms with Crippen molar-refractivity contribution in [1.29, 1.82) is 0 Å². The van der Waals surface area contributed by atoms with Crippen LogP contribution in [0.1, 0.15) is 35.7 Å². The van der Waals surface area contributed by atoms with E-state index in [9.17, 15) is 4.79 Å². The highest BCUT2D eigenvalue weighted by atomic mass is 16.5. The van der Waals surface area contributed by atoms with Gasteiger partial charge in [0.1, 0.15) is 5.75 Å². The highest BCUT2D eigenvalue weighted by Gasteiger charge is 2.21. The van der Waals surface area contributed by atoms with Crippen LogP contribution in [-0.4, -0.2) is 37.4 Å². The third-order valence-corrected chi connectivity index (χ3v) is 3.86. The highest BCUT2D eigenvalue weighted by Crippen LogP contribution is 2.21. The summed E-state index contributed by atoms with van der Waals surface area (Å²) in [7, 11) is 1.65. The second-order valence-electron chi connectivity index (χ2n) is 5.46. The molecule has 1 aliphatic rings. The fourth-order valence-electron chi connectivity index (χ4n) is 2.75. The molecule has 1 saturated heterocycles. The Morgan fingerprint density at radius 3 is 2.63 bits per heavy atom. The number of carbonyl (C=O) groups is 1. The summed E-state index contributed by atoms with van der Waals surface area (Å²) in [6.07, 6.45) is 2.53. The Balaban J connectivity index is 2.03. The number of nitrogens with zero attached hydrogens (tertiary/aromatic N) is 1. The number of ether oxygens (including phenoxy) is 1. The van der Waals surface area contributed by atoms with Crippen molar-refractivity contribution in [2.24, 2.45) is 5.92 Å². The van der Waals surface area contributed by atoms with Gasteiger partial charge in [-0.2, -0.15) is 0 Å². The van der Waals surface area contributed by atoms with Gasteiger partial charge in [-0.25, -0.2) is 0 Å². The first-order valence-corrected chi connectivity index (χ1v) is 7.03. The molecule has 1 unspecified atom stereocenters. The molecule has 0 aliphatic carbocycles. The van der Waals surface area contributed by atoms with Crippen LogP contribution in [0.5, 0.6) is 5.75 Å². The molecule has 1 aromatic rings. The molecule has 1 fully saturated rings. The lowest BCUT2D eigenvalue weighted by Crippen LogP contribution is -2.29. The van der Waals surface area contributed by atoms with Crippen LogP contribution < -0.4 is 4.74 Å². The number of rotatable bonds is 5. The first kappa shape index (κ1) is 14.1.